The molecule has 2 atom stereocenters. The van der Waals surface area contributed by atoms with Gasteiger partial charge in [0, 0.05) is 7.11 Å². The average Bonchev–Trinajstić information content (AvgIpc) is 2.63. The SMILES string of the molecule is COCc1noc(C(C)C(O)C(F)(F)F)n1. The Morgan fingerprint density at radius 1 is 1.50 bits per heavy atom. The van der Waals surface area contributed by atoms with Crippen LogP contribution in [0.3, 0.4) is 0 Å². The minimum absolute atomic E-state index is 0.0400. The fourth-order valence-electron chi connectivity index (χ4n) is 1.06. The first-order valence-electron chi connectivity index (χ1n) is 4.42. The molecule has 1 rings (SSSR count). The predicted octanol–water partition coefficient (Wildman–Crippen LogP) is 1.24. The lowest BCUT2D eigenvalue weighted by Gasteiger charge is -2.17. The minimum Gasteiger partial charge on any atom is -0.383 e. The van der Waals surface area contributed by atoms with Gasteiger partial charge in [0.1, 0.15) is 6.61 Å². The van der Waals surface area contributed by atoms with Gasteiger partial charge in [0.15, 0.2) is 11.9 Å². The van der Waals surface area contributed by atoms with E-state index < -0.39 is 18.2 Å². The number of methoxy groups -OCH3 is 1. The van der Waals surface area contributed by atoms with E-state index in [1.165, 1.54) is 7.11 Å². The van der Waals surface area contributed by atoms with Gasteiger partial charge in [-0.1, -0.05) is 12.1 Å². The summed E-state index contributed by atoms with van der Waals surface area (Å²) in [6, 6.07) is 0. The molecule has 1 aromatic rings. The lowest BCUT2D eigenvalue weighted by atomic mass is 10.1. The van der Waals surface area contributed by atoms with Crippen molar-refractivity contribution in [1.82, 2.24) is 10.1 Å². The lowest BCUT2D eigenvalue weighted by Crippen LogP contribution is -2.33. The van der Waals surface area contributed by atoms with Crippen molar-refractivity contribution in [3.63, 3.8) is 0 Å². The highest BCUT2D eigenvalue weighted by Gasteiger charge is 2.44. The summed E-state index contributed by atoms with van der Waals surface area (Å²) in [5, 5.41) is 12.4. The summed E-state index contributed by atoms with van der Waals surface area (Å²) in [6.45, 7) is 1.20. The van der Waals surface area contributed by atoms with Crippen molar-refractivity contribution >= 4 is 0 Å². The van der Waals surface area contributed by atoms with E-state index >= 15 is 0 Å². The van der Waals surface area contributed by atoms with Crippen LogP contribution in [0.5, 0.6) is 0 Å². The van der Waals surface area contributed by atoms with E-state index in [0.29, 0.717) is 0 Å². The third-order valence-electron chi connectivity index (χ3n) is 1.96. The fraction of sp³-hybridized carbons (Fsp3) is 0.750. The van der Waals surface area contributed by atoms with Crippen LogP contribution >= 0.6 is 0 Å². The third-order valence-corrected chi connectivity index (χ3v) is 1.96. The summed E-state index contributed by atoms with van der Waals surface area (Å²) in [7, 11) is 1.39. The zero-order chi connectivity index (χ0) is 12.3. The molecule has 0 radical (unpaired) electrons. The Hall–Kier alpha value is -1.15. The Morgan fingerprint density at radius 3 is 2.62 bits per heavy atom. The Morgan fingerprint density at radius 2 is 2.12 bits per heavy atom. The van der Waals surface area contributed by atoms with Crippen molar-refractivity contribution in [2.75, 3.05) is 7.11 Å². The van der Waals surface area contributed by atoms with E-state index in [1.807, 2.05) is 0 Å². The van der Waals surface area contributed by atoms with Crippen molar-refractivity contribution in [2.45, 2.75) is 31.7 Å². The standard InChI is InChI=1S/C8H11F3N2O3/c1-4(6(14)8(9,10)11)7-12-5(3-15-2)13-16-7/h4,6,14H,3H2,1-2H3. The zero-order valence-corrected chi connectivity index (χ0v) is 8.65. The van der Waals surface area contributed by atoms with Crippen molar-refractivity contribution < 1.29 is 27.5 Å². The molecule has 16 heavy (non-hydrogen) atoms. The second-order valence-electron chi connectivity index (χ2n) is 3.26. The summed E-state index contributed by atoms with van der Waals surface area (Å²) in [6.07, 6.45) is -7.24. The number of hydrogen-bond donors (Lipinski definition) is 1. The number of rotatable bonds is 4. The summed E-state index contributed by atoms with van der Waals surface area (Å²) >= 11 is 0. The molecule has 1 aromatic heterocycles. The van der Waals surface area contributed by atoms with Gasteiger partial charge < -0.3 is 14.4 Å². The van der Waals surface area contributed by atoms with Gasteiger partial charge in [-0.3, -0.25) is 0 Å². The molecule has 0 fully saturated rings. The Kier molecular flexibility index (Phi) is 3.87. The van der Waals surface area contributed by atoms with Crippen LogP contribution < -0.4 is 0 Å². The quantitative estimate of drug-likeness (QED) is 0.857. The maximum Gasteiger partial charge on any atom is 0.415 e. The van der Waals surface area contributed by atoms with Crippen LogP contribution in [-0.4, -0.2) is 34.6 Å². The second kappa shape index (κ2) is 4.79. The maximum absolute atomic E-state index is 12.2. The van der Waals surface area contributed by atoms with Crippen LogP contribution in [-0.2, 0) is 11.3 Å². The number of alkyl halides is 3. The van der Waals surface area contributed by atoms with Crippen LogP contribution in [0.2, 0.25) is 0 Å². The number of aliphatic hydroxyl groups excluding tert-OH is 1. The zero-order valence-electron chi connectivity index (χ0n) is 8.65. The molecule has 0 aliphatic heterocycles. The van der Waals surface area contributed by atoms with Gasteiger partial charge in [-0.05, 0) is 0 Å². The van der Waals surface area contributed by atoms with Gasteiger partial charge in [-0.2, -0.15) is 18.2 Å². The Labute approximate surface area is 89.2 Å². The average molecular weight is 240 g/mol. The van der Waals surface area contributed by atoms with Gasteiger partial charge in [-0.15, -0.1) is 0 Å². The van der Waals surface area contributed by atoms with Crippen LogP contribution in [0.1, 0.15) is 24.6 Å². The Balaban J connectivity index is 2.76. The number of hydrogen-bond acceptors (Lipinski definition) is 5. The fourth-order valence-corrected chi connectivity index (χ4v) is 1.06. The molecule has 1 N–H and O–H groups in total. The topological polar surface area (TPSA) is 68.4 Å². The van der Waals surface area contributed by atoms with E-state index in [1.54, 1.807) is 0 Å². The monoisotopic (exact) mass is 240 g/mol. The summed E-state index contributed by atoms with van der Waals surface area (Å²) < 4.78 is 45.8. The van der Waals surface area contributed by atoms with Gasteiger partial charge in [0.2, 0.25) is 5.89 Å². The normalized spacial score (nSPS) is 16.1. The first kappa shape index (κ1) is 12.9. The van der Waals surface area contributed by atoms with Crippen molar-refractivity contribution in [3.05, 3.63) is 11.7 Å². The maximum atomic E-state index is 12.2. The highest BCUT2D eigenvalue weighted by atomic mass is 19.4. The molecule has 0 aromatic carbocycles. The molecule has 0 saturated carbocycles. The van der Waals surface area contributed by atoms with Crippen LogP contribution in [0.4, 0.5) is 13.2 Å². The highest BCUT2D eigenvalue weighted by molar-refractivity contribution is 4.96. The first-order chi connectivity index (χ1) is 7.36. The smallest absolute Gasteiger partial charge is 0.383 e. The molecule has 0 bridgehead atoms. The molecule has 0 aliphatic rings. The molecule has 0 amide bonds. The molecule has 5 nitrogen and oxygen atoms in total. The van der Waals surface area contributed by atoms with Gasteiger partial charge >= 0.3 is 6.18 Å². The van der Waals surface area contributed by atoms with Gasteiger partial charge in [0.05, 0.1) is 5.92 Å². The lowest BCUT2D eigenvalue weighted by molar-refractivity contribution is -0.210. The summed E-state index contributed by atoms with van der Waals surface area (Å²) in [5.41, 5.74) is 0. The molecule has 8 heteroatoms. The Bertz CT molecular complexity index is 340. The molecule has 0 aliphatic carbocycles. The third kappa shape index (κ3) is 2.92. The predicted molar refractivity (Wildman–Crippen MR) is 45.5 cm³/mol. The molecular formula is C8H11F3N2O3. The number of nitrogens with zero attached hydrogens (tertiary/aromatic N) is 2. The van der Waals surface area contributed by atoms with E-state index in [0.717, 1.165) is 6.92 Å². The van der Waals surface area contributed by atoms with Gasteiger partial charge in [0.25, 0.3) is 0 Å². The number of halogens is 3. The van der Waals surface area contributed by atoms with E-state index in [2.05, 4.69) is 19.4 Å². The van der Waals surface area contributed by atoms with Crippen LogP contribution in [0, 0.1) is 0 Å². The summed E-state index contributed by atoms with van der Waals surface area (Å²) in [5.74, 6) is -1.44. The molecule has 92 valence electrons. The van der Waals surface area contributed by atoms with Crippen molar-refractivity contribution in [2.24, 2.45) is 0 Å². The number of aromatic nitrogens is 2. The molecule has 2 unspecified atom stereocenters. The van der Waals surface area contributed by atoms with E-state index in [4.69, 9.17) is 5.11 Å². The minimum atomic E-state index is -4.71. The van der Waals surface area contributed by atoms with Crippen molar-refractivity contribution in [3.8, 4) is 0 Å². The second-order valence-corrected chi connectivity index (χ2v) is 3.26. The van der Waals surface area contributed by atoms with E-state index in [-0.39, 0.29) is 18.3 Å². The van der Waals surface area contributed by atoms with E-state index in [9.17, 15) is 13.2 Å². The summed E-state index contributed by atoms with van der Waals surface area (Å²) in [4.78, 5) is 3.67. The molecule has 0 spiro atoms. The van der Waals surface area contributed by atoms with Crippen LogP contribution in [0.15, 0.2) is 4.52 Å². The van der Waals surface area contributed by atoms with Crippen molar-refractivity contribution in [1.29, 1.82) is 0 Å². The number of ether oxygens (including phenoxy) is 1. The number of aliphatic hydroxyl groups is 1. The van der Waals surface area contributed by atoms with Crippen LogP contribution in [0.25, 0.3) is 0 Å². The molecule has 0 saturated heterocycles. The largest absolute Gasteiger partial charge is 0.415 e. The highest BCUT2D eigenvalue weighted by Crippen LogP contribution is 2.30. The first-order valence-corrected chi connectivity index (χ1v) is 4.42. The van der Waals surface area contributed by atoms with Gasteiger partial charge in [-0.25, -0.2) is 0 Å². The molecule has 1 heterocycles. The molecular weight excluding hydrogens is 229 g/mol.